The maximum atomic E-state index is 13.4. The minimum Gasteiger partial charge on any atom is -0.387 e. The van der Waals surface area contributed by atoms with Crippen LogP contribution < -0.4 is 5.32 Å². The minimum atomic E-state index is -0.933. The van der Waals surface area contributed by atoms with Crippen LogP contribution in [0.4, 0.5) is 8.78 Å². The Morgan fingerprint density at radius 1 is 1.44 bits per heavy atom. The fraction of sp³-hybridized carbons (Fsp3) is 0.538. The predicted octanol–water partition coefficient (Wildman–Crippen LogP) is 2.48. The second kappa shape index (κ2) is 6.50. The van der Waals surface area contributed by atoms with E-state index in [1.165, 1.54) is 18.2 Å². The molecule has 0 spiro atoms. The summed E-state index contributed by atoms with van der Waals surface area (Å²) in [5.74, 6) is 0.897. The van der Waals surface area contributed by atoms with E-state index in [1.54, 1.807) is 0 Å². The number of aliphatic hydroxyl groups excluding tert-OH is 1. The number of hydrogen-bond donors (Lipinski definition) is 2. The van der Waals surface area contributed by atoms with E-state index in [-0.39, 0.29) is 5.56 Å². The molecule has 1 aromatic carbocycles. The summed E-state index contributed by atoms with van der Waals surface area (Å²) < 4.78 is 26.2. The van der Waals surface area contributed by atoms with Gasteiger partial charge in [0.2, 0.25) is 0 Å². The van der Waals surface area contributed by atoms with Gasteiger partial charge in [0.25, 0.3) is 0 Å². The molecule has 2 N–H and O–H groups in total. The van der Waals surface area contributed by atoms with Gasteiger partial charge in [-0.05, 0) is 24.7 Å². The molecule has 0 bridgehead atoms. The van der Waals surface area contributed by atoms with Gasteiger partial charge in [0.1, 0.15) is 11.6 Å². The van der Waals surface area contributed by atoms with Crippen molar-refractivity contribution in [1.29, 1.82) is 0 Å². The van der Waals surface area contributed by atoms with Crippen LogP contribution in [0.1, 0.15) is 24.5 Å². The molecule has 2 rings (SSSR count). The third-order valence-corrected chi connectivity index (χ3v) is 4.30. The van der Waals surface area contributed by atoms with Crippen molar-refractivity contribution in [2.24, 2.45) is 0 Å². The van der Waals surface area contributed by atoms with Gasteiger partial charge in [-0.3, -0.25) is 0 Å². The summed E-state index contributed by atoms with van der Waals surface area (Å²) in [6, 6.07) is 3.64. The largest absolute Gasteiger partial charge is 0.387 e. The Morgan fingerprint density at radius 2 is 2.28 bits per heavy atom. The van der Waals surface area contributed by atoms with Crippen molar-refractivity contribution in [3.63, 3.8) is 0 Å². The van der Waals surface area contributed by atoms with E-state index in [0.717, 1.165) is 24.3 Å². The van der Waals surface area contributed by atoms with Crippen molar-refractivity contribution in [1.82, 2.24) is 5.32 Å². The molecular formula is C13H17F2NOS. The highest BCUT2D eigenvalue weighted by Gasteiger charge is 2.17. The first kappa shape index (κ1) is 13.8. The lowest BCUT2D eigenvalue weighted by Crippen LogP contribution is -2.36. The van der Waals surface area contributed by atoms with Crippen molar-refractivity contribution in [3.8, 4) is 0 Å². The van der Waals surface area contributed by atoms with E-state index < -0.39 is 17.7 Å². The highest BCUT2D eigenvalue weighted by Crippen LogP contribution is 2.20. The molecule has 100 valence electrons. The zero-order valence-electron chi connectivity index (χ0n) is 10.0. The van der Waals surface area contributed by atoms with Crippen molar-refractivity contribution in [2.45, 2.75) is 25.0 Å². The molecule has 1 aliphatic rings. The number of benzene rings is 1. The van der Waals surface area contributed by atoms with Crippen LogP contribution in [0, 0.1) is 11.6 Å². The molecule has 0 aromatic heterocycles. The standard InChI is InChI=1S/C13H17F2NOS/c14-9-3-4-11(12(15)6-9)13(17)7-16-10-2-1-5-18-8-10/h3-4,6,10,13,16-17H,1-2,5,7-8H2/t10-,13+/m0/s1. The number of thioether (sulfide) groups is 1. The molecule has 0 radical (unpaired) electrons. The first-order valence-corrected chi connectivity index (χ1v) is 7.26. The third-order valence-electron chi connectivity index (χ3n) is 3.08. The number of hydrogen-bond acceptors (Lipinski definition) is 3. The number of rotatable bonds is 4. The molecule has 1 aromatic rings. The molecule has 1 heterocycles. The summed E-state index contributed by atoms with van der Waals surface area (Å²) >= 11 is 1.89. The van der Waals surface area contributed by atoms with Crippen LogP contribution in [0.2, 0.25) is 0 Å². The van der Waals surface area contributed by atoms with Crippen LogP contribution in [-0.2, 0) is 0 Å². The van der Waals surface area contributed by atoms with Gasteiger partial charge < -0.3 is 10.4 Å². The zero-order chi connectivity index (χ0) is 13.0. The average Bonchev–Trinajstić information content (AvgIpc) is 2.37. The highest BCUT2D eigenvalue weighted by atomic mass is 32.2. The van der Waals surface area contributed by atoms with E-state index in [9.17, 15) is 13.9 Å². The second-order valence-electron chi connectivity index (χ2n) is 4.50. The Labute approximate surface area is 110 Å². The number of nitrogens with one attached hydrogen (secondary N) is 1. The Bertz CT molecular complexity index is 397. The van der Waals surface area contributed by atoms with E-state index >= 15 is 0 Å². The van der Waals surface area contributed by atoms with Crippen LogP contribution in [-0.4, -0.2) is 29.2 Å². The first-order valence-electron chi connectivity index (χ1n) is 6.11. The SMILES string of the molecule is O[C@H](CN[C@H]1CCCSC1)c1ccc(F)cc1F. The van der Waals surface area contributed by atoms with Gasteiger partial charge in [-0.2, -0.15) is 11.8 Å². The first-order chi connectivity index (χ1) is 8.66. The van der Waals surface area contributed by atoms with Crippen LogP contribution in [0.5, 0.6) is 0 Å². The second-order valence-corrected chi connectivity index (χ2v) is 5.65. The fourth-order valence-corrected chi connectivity index (χ4v) is 3.17. The minimum absolute atomic E-state index is 0.146. The molecule has 5 heteroatoms. The number of halogens is 2. The van der Waals surface area contributed by atoms with Gasteiger partial charge in [-0.15, -0.1) is 0 Å². The summed E-state index contributed by atoms with van der Waals surface area (Å²) in [4.78, 5) is 0. The zero-order valence-corrected chi connectivity index (χ0v) is 10.9. The summed E-state index contributed by atoms with van der Waals surface area (Å²) in [6.45, 7) is 0.299. The molecule has 18 heavy (non-hydrogen) atoms. The summed E-state index contributed by atoms with van der Waals surface area (Å²) in [5.41, 5.74) is 0.146. The predicted molar refractivity (Wildman–Crippen MR) is 69.7 cm³/mol. The van der Waals surface area contributed by atoms with Gasteiger partial charge in [0, 0.05) is 30.0 Å². The van der Waals surface area contributed by atoms with E-state index in [2.05, 4.69) is 5.32 Å². The molecule has 0 amide bonds. The summed E-state index contributed by atoms with van der Waals surface area (Å²) in [5, 5.41) is 13.1. The Balaban J connectivity index is 1.88. The molecule has 2 atom stereocenters. The molecule has 0 unspecified atom stereocenters. The summed E-state index contributed by atoms with van der Waals surface area (Å²) in [6.07, 6.45) is 1.33. The van der Waals surface area contributed by atoms with Crippen LogP contribution in [0.3, 0.4) is 0 Å². The van der Waals surface area contributed by atoms with Gasteiger partial charge in [0.15, 0.2) is 0 Å². The van der Waals surface area contributed by atoms with Gasteiger partial charge >= 0.3 is 0 Å². The Morgan fingerprint density at radius 3 is 2.94 bits per heavy atom. The molecule has 0 aliphatic carbocycles. The number of aliphatic hydroxyl groups is 1. The van der Waals surface area contributed by atoms with Crippen LogP contribution >= 0.6 is 11.8 Å². The lowest BCUT2D eigenvalue weighted by Gasteiger charge is -2.24. The topological polar surface area (TPSA) is 32.3 Å². The quantitative estimate of drug-likeness (QED) is 0.884. The molecule has 1 aliphatic heterocycles. The fourth-order valence-electron chi connectivity index (χ4n) is 2.06. The van der Waals surface area contributed by atoms with Crippen molar-refractivity contribution >= 4 is 11.8 Å². The van der Waals surface area contributed by atoms with Gasteiger partial charge in [-0.1, -0.05) is 6.07 Å². The molecule has 2 nitrogen and oxygen atoms in total. The smallest absolute Gasteiger partial charge is 0.131 e. The normalized spacial score (nSPS) is 21.8. The van der Waals surface area contributed by atoms with Crippen LogP contribution in [0.15, 0.2) is 18.2 Å². The third kappa shape index (κ3) is 3.67. The monoisotopic (exact) mass is 273 g/mol. The van der Waals surface area contributed by atoms with Crippen molar-refractivity contribution in [3.05, 3.63) is 35.4 Å². The van der Waals surface area contributed by atoms with E-state index in [0.29, 0.717) is 12.6 Å². The Hall–Kier alpha value is -0.650. The lowest BCUT2D eigenvalue weighted by atomic mass is 10.1. The molecular weight excluding hydrogens is 256 g/mol. The molecule has 1 saturated heterocycles. The summed E-state index contributed by atoms with van der Waals surface area (Å²) in [7, 11) is 0. The van der Waals surface area contributed by atoms with Crippen molar-refractivity contribution < 1.29 is 13.9 Å². The van der Waals surface area contributed by atoms with Crippen LogP contribution in [0.25, 0.3) is 0 Å². The Kier molecular flexibility index (Phi) is 4.97. The highest BCUT2D eigenvalue weighted by molar-refractivity contribution is 7.99. The van der Waals surface area contributed by atoms with Crippen molar-refractivity contribution in [2.75, 3.05) is 18.1 Å². The maximum Gasteiger partial charge on any atom is 0.131 e. The van der Waals surface area contributed by atoms with E-state index in [1.807, 2.05) is 11.8 Å². The van der Waals surface area contributed by atoms with Gasteiger partial charge in [0.05, 0.1) is 6.10 Å². The average molecular weight is 273 g/mol. The maximum absolute atomic E-state index is 13.4. The molecule has 1 fully saturated rings. The lowest BCUT2D eigenvalue weighted by molar-refractivity contribution is 0.165. The van der Waals surface area contributed by atoms with E-state index in [4.69, 9.17) is 0 Å². The van der Waals surface area contributed by atoms with Gasteiger partial charge in [-0.25, -0.2) is 8.78 Å². The molecule has 0 saturated carbocycles.